The Bertz CT molecular complexity index is 897. The van der Waals surface area contributed by atoms with Gasteiger partial charge in [-0.15, -0.1) is 10.2 Å². The number of rotatable bonds is 4. The van der Waals surface area contributed by atoms with Crippen LogP contribution in [0.15, 0.2) is 64.8 Å². The van der Waals surface area contributed by atoms with E-state index in [9.17, 15) is 4.79 Å². The molecule has 1 heterocycles. The van der Waals surface area contributed by atoms with Crippen molar-refractivity contribution in [3.05, 3.63) is 60.2 Å². The smallest absolute Gasteiger partial charge is 0.176 e. The minimum atomic E-state index is -0.00360. The fourth-order valence-electron chi connectivity index (χ4n) is 2.18. The van der Waals surface area contributed by atoms with E-state index in [1.54, 1.807) is 24.3 Å². The lowest BCUT2D eigenvalue weighted by Gasteiger charge is -2.02. The van der Waals surface area contributed by atoms with Gasteiger partial charge < -0.3 is 11.5 Å². The largest absolute Gasteiger partial charge is 0.382 e. The molecule has 0 atom stereocenters. The van der Waals surface area contributed by atoms with E-state index >= 15 is 0 Å². The van der Waals surface area contributed by atoms with E-state index in [4.69, 9.17) is 11.5 Å². The first-order valence-electron chi connectivity index (χ1n) is 7.28. The van der Waals surface area contributed by atoms with Crippen molar-refractivity contribution in [2.75, 3.05) is 11.5 Å². The molecule has 120 valence electrons. The van der Waals surface area contributed by atoms with Gasteiger partial charge >= 0.3 is 0 Å². The number of nitrogen functional groups attached to an aromatic ring is 2. The zero-order valence-electron chi connectivity index (χ0n) is 13.0. The van der Waals surface area contributed by atoms with Crippen LogP contribution in [0.4, 0.5) is 23.0 Å². The minimum absolute atomic E-state index is 0.00360. The quantitative estimate of drug-likeness (QED) is 0.564. The average molecular weight is 320 g/mol. The van der Waals surface area contributed by atoms with Crippen LogP contribution in [0.25, 0.3) is 5.69 Å². The molecule has 7 heteroatoms. The van der Waals surface area contributed by atoms with E-state index in [-0.39, 0.29) is 11.6 Å². The van der Waals surface area contributed by atoms with Gasteiger partial charge in [0.2, 0.25) is 0 Å². The Balaban J connectivity index is 1.90. The molecule has 2 aromatic carbocycles. The van der Waals surface area contributed by atoms with E-state index < -0.39 is 0 Å². The van der Waals surface area contributed by atoms with E-state index in [2.05, 4.69) is 15.3 Å². The van der Waals surface area contributed by atoms with Crippen LogP contribution >= 0.6 is 0 Å². The number of benzene rings is 2. The summed E-state index contributed by atoms with van der Waals surface area (Å²) in [5, 5.41) is 12.4. The van der Waals surface area contributed by atoms with Gasteiger partial charge in [0.25, 0.3) is 0 Å². The number of carbonyl (C=O) groups excluding carboxylic acids is 1. The number of Topliss-reactive ketones (excluding diaryl/α,β-unsaturated/α-hetero) is 1. The summed E-state index contributed by atoms with van der Waals surface area (Å²) in [6.45, 7) is 1.51. The lowest BCUT2D eigenvalue weighted by atomic mass is 10.1. The first-order valence-corrected chi connectivity index (χ1v) is 7.28. The van der Waals surface area contributed by atoms with E-state index in [1.807, 2.05) is 30.3 Å². The van der Waals surface area contributed by atoms with Crippen molar-refractivity contribution in [3.8, 4) is 5.69 Å². The molecular formula is C17H16N6O. The van der Waals surface area contributed by atoms with Gasteiger partial charge in [0.1, 0.15) is 0 Å². The second-order valence-corrected chi connectivity index (χ2v) is 5.17. The summed E-state index contributed by atoms with van der Waals surface area (Å²) in [7, 11) is 0. The first kappa shape index (κ1) is 15.4. The molecule has 0 unspecified atom stereocenters. The number of hydrogen-bond donors (Lipinski definition) is 2. The zero-order chi connectivity index (χ0) is 17.1. The van der Waals surface area contributed by atoms with E-state index in [0.29, 0.717) is 22.8 Å². The molecule has 0 amide bonds. The monoisotopic (exact) mass is 320 g/mol. The van der Waals surface area contributed by atoms with Crippen molar-refractivity contribution < 1.29 is 4.79 Å². The molecule has 0 spiro atoms. The molecule has 0 aliphatic carbocycles. The molecule has 3 aromatic rings. The summed E-state index contributed by atoms with van der Waals surface area (Å²) >= 11 is 0. The van der Waals surface area contributed by atoms with Gasteiger partial charge in [-0.25, -0.2) is 4.68 Å². The third-order valence-corrected chi connectivity index (χ3v) is 3.46. The van der Waals surface area contributed by atoms with Crippen LogP contribution in [-0.4, -0.2) is 15.6 Å². The summed E-state index contributed by atoms with van der Waals surface area (Å²) in [6, 6.07) is 16.2. The summed E-state index contributed by atoms with van der Waals surface area (Å²) in [5.41, 5.74) is 14.3. The Hall–Kier alpha value is -3.48. The van der Waals surface area contributed by atoms with Crippen LogP contribution in [0.1, 0.15) is 17.3 Å². The maximum atomic E-state index is 11.3. The molecule has 0 saturated heterocycles. The topological polar surface area (TPSA) is 112 Å². The van der Waals surface area contributed by atoms with Crippen LogP contribution in [0, 0.1) is 0 Å². The lowest BCUT2D eigenvalue weighted by Crippen LogP contribution is -2.01. The molecule has 0 aliphatic heterocycles. The van der Waals surface area contributed by atoms with Crippen LogP contribution in [0.2, 0.25) is 0 Å². The fourth-order valence-corrected chi connectivity index (χ4v) is 2.18. The van der Waals surface area contributed by atoms with Crippen molar-refractivity contribution in [1.29, 1.82) is 0 Å². The van der Waals surface area contributed by atoms with Crippen LogP contribution in [0.3, 0.4) is 0 Å². The Morgan fingerprint density at radius 2 is 1.67 bits per heavy atom. The number of nitrogens with two attached hydrogens (primary N) is 2. The van der Waals surface area contributed by atoms with Crippen molar-refractivity contribution >= 4 is 28.8 Å². The number of aromatic nitrogens is 2. The van der Waals surface area contributed by atoms with Gasteiger partial charge in [0.15, 0.2) is 23.1 Å². The maximum Gasteiger partial charge on any atom is 0.176 e. The average Bonchev–Trinajstić information content (AvgIpc) is 2.88. The third kappa shape index (κ3) is 3.00. The molecular weight excluding hydrogens is 304 g/mol. The number of para-hydroxylation sites is 1. The standard InChI is InChI=1S/C17H16N6O/c1-11(24)12-7-9-13(10-8-12)20-21-15-16(18)22-23(17(15)19)14-5-3-2-4-6-14/h2-10H,19H2,1H3,(H2,18,22). The number of nitrogens with zero attached hydrogens (tertiary/aromatic N) is 4. The van der Waals surface area contributed by atoms with Gasteiger partial charge in [-0.05, 0) is 43.3 Å². The molecule has 1 aromatic heterocycles. The second kappa shape index (κ2) is 6.33. The lowest BCUT2D eigenvalue weighted by molar-refractivity contribution is 0.101. The summed E-state index contributed by atoms with van der Waals surface area (Å²) in [5.74, 6) is 0.499. The predicted octanol–water partition coefficient (Wildman–Crippen LogP) is 3.65. The molecule has 0 fully saturated rings. The SMILES string of the molecule is CC(=O)c1ccc(N=Nc2c(N)nn(-c3ccccc3)c2N)cc1. The highest BCUT2D eigenvalue weighted by molar-refractivity contribution is 5.94. The molecule has 3 rings (SSSR count). The number of carbonyl (C=O) groups is 1. The van der Waals surface area contributed by atoms with Crippen LogP contribution < -0.4 is 11.5 Å². The molecule has 7 nitrogen and oxygen atoms in total. The second-order valence-electron chi connectivity index (χ2n) is 5.17. The Morgan fingerprint density at radius 3 is 2.29 bits per heavy atom. The van der Waals surface area contributed by atoms with E-state index in [1.165, 1.54) is 11.6 Å². The van der Waals surface area contributed by atoms with Crippen LogP contribution in [-0.2, 0) is 0 Å². The predicted molar refractivity (Wildman–Crippen MR) is 93.0 cm³/mol. The van der Waals surface area contributed by atoms with Crippen molar-refractivity contribution in [2.45, 2.75) is 6.92 Å². The van der Waals surface area contributed by atoms with Gasteiger partial charge in [-0.2, -0.15) is 5.11 Å². The molecule has 0 saturated carbocycles. The van der Waals surface area contributed by atoms with Crippen molar-refractivity contribution in [2.24, 2.45) is 10.2 Å². The fraction of sp³-hybridized carbons (Fsp3) is 0.0588. The van der Waals surface area contributed by atoms with Crippen LogP contribution in [0.5, 0.6) is 0 Å². The third-order valence-electron chi connectivity index (χ3n) is 3.46. The highest BCUT2D eigenvalue weighted by Gasteiger charge is 2.14. The summed E-state index contributed by atoms with van der Waals surface area (Å²) in [6.07, 6.45) is 0. The zero-order valence-corrected chi connectivity index (χ0v) is 13.0. The van der Waals surface area contributed by atoms with Gasteiger partial charge in [-0.1, -0.05) is 18.2 Å². The summed E-state index contributed by atoms with van der Waals surface area (Å²) in [4.78, 5) is 11.3. The molecule has 0 aliphatic rings. The van der Waals surface area contributed by atoms with Gasteiger partial charge in [0.05, 0.1) is 11.4 Å². The Labute approximate surface area is 138 Å². The maximum absolute atomic E-state index is 11.3. The molecule has 4 N–H and O–H groups in total. The van der Waals surface area contributed by atoms with E-state index in [0.717, 1.165) is 5.69 Å². The highest BCUT2D eigenvalue weighted by Crippen LogP contribution is 2.32. The number of ketones is 1. The van der Waals surface area contributed by atoms with Crippen molar-refractivity contribution in [3.63, 3.8) is 0 Å². The Kier molecular flexibility index (Phi) is 4.07. The summed E-state index contributed by atoms with van der Waals surface area (Å²) < 4.78 is 1.52. The number of anilines is 2. The van der Waals surface area contributed by atoms with Crippen molar-refractivity contribution in [1.82, 2.24) is 9.78 Å². The Morgan fingerprint density at radius 1 is 1.00 bits per heavy atom. The number of hydrogen-bond acceptors (Lipinski definition) is 6. The van der Waals surface area contributed by atoms with Gasteiger partial charge in [-0.3, -0.25) is 4.79 Å². The van der Waals surface area contributed by atoms with Gasteiger partial charge in [0, 0.05) is 5.56 Å². The molecule has 0 radical (unpaired) electrons. The molecule has 24 heavy (non-hydrogen) atoms. The molecule has 0 bridgehead atoms. The minimum Gasteiger partial charge on any atom is -0.382 e. The highest BCUT2D eigenvalue weighted by atomic mass is 16.1. The first-order chi connectivity index (χ1) is 11.6. The normalized spacial score (nSPS) is 11.0. The number of azo groups is 1.